The Hall–Kier alpha value is -3.85. The van der Waals surface area contributed by atoms with Gasteiger partial charge in [0, 0.05) is 49.2 Å². The highest BCUT2D eigenvalue weighted by atomic mass is 15.4. The third kappa shape index (κ3) is 4.55. The van der Waals surface area contributed by atoms with E-state index in [0.717, 1.165) is 67.6 Å². The lowest BCUT2D eigenvalue weighted by Gasteiger charge is -2.37. The molecule has 2 aromatic carbocycles. The minimum atomic E-state index is 0.0128. The molecule has 1 unspecified atom stereocenters. The van der Waals surface area contributed by atoms with Crippen LogP contribution in [0.15, 0.2) is 54.7 Å². The number of aromatic nitrogens is 4. The fourth-order valence-electron chi connectivity index (χ4n) is 5.43. The highest BCUT2D eigenvalue weighted by Gasteiger charge is 2.28. The molecule has 0 radical (unpaired) electrons. The largest absolute Gasteiger partial charge is 0.399 e. The summed E-state index contributed by atoms with van der Waals surface area (Å²) in [4.78, 5) is 14.6. The summed E-state index contributed by atoms with van der Waals surface area (Å²) in [6, 6.07) is 17.0. The number of nitrogens with zero attached hydrogens (tertiary/aromatic N) is 6. The number of hydrogen-bond acceptors (Lipinski definition) is 8. The first-order valence-corrected chi connectivity index (χ1v) is 13.2. The van der Waals surface area contributed by atoms with E-state index in [9.17, 15) is 0 Å². The molecule has 2 aliphatic heterocycles. The van der Waals surface area contributed by atoms with E-state index in [0.29, 0.717) is 11.9 Å². The van der Waals surface area contributed by atoms with Crippen LogP contribution in [0.1, 0.15) is 55.3 Å². The lowest BCUT2D eigenvalue weighted by atomic mass is 9.95. The van der Waals surface area contributed by atoms with E-state index in [1.54, 1.807) is 0 Å². The molecule has 192 valence electrons. The monoisotopic (exact) mass is 497 g/mol. The van der Waals surface area contributed by atoms with Gasteiger partial charge < -0.3 is 26.6 Å². The minimum absolute atomic E-state index is 0.0128. The van der Waals surface area contributed by atoms with E-state index in [1.165, 1.54) is 11.1 Å². The summed E-state index contributed by atoms with van der Waals surface area (Å²) in [6.07, 6.45) is 3.81. The van der Waals surface area contributed by atoms with Gasteiger partial charge in [-0.2, -0.15) is 19.6 Å². The van der Waals surface area contributed by atoms with Crippen LogP contribution in [0.2, 0.25) is 0 Å². The highest BCUT2D eigenvalue weighted by molar-refractivity contribution is 5.60. The molecule has 9 heteroatoms. The molecule has 1 atom stereocenters. The Morgan fingerprint density at radius 2 is 1.81 bits per heavy atom. The van der Waals surface area contributed by atoms with Crippen LogP contribution in [0.25, 0.3) is 5.65 Å². The zero-order valence-electron chi connectivity index (χ0n) is 21.5. The van der Waals surface area contributed by atoms with Gasteiger partial charge in [-0.05, 0) is 48.1 Å². The first kappa shape index (κ1) is 23.5. The Morgan fingerprint density at radius 3 is 2.59 bits per heavy atom. The quantitative estimate of drug-likeness (QED) is 0.356. The average molecular weight is 498 g/mol. The Bertz CT molecular complexity index is 1400. The number of nitrogens with one attached hydrogen (secondary N) is 1. The van der Waals surface area contributed by atoms with Gasteiger partial charge in [0.1, 0.15) is 0 Å². The first-order chi connectivity index (χ1) is 18.0. The highest BCUT2D eigenvalue weighted by Crippen LogP contribution is 2.33. The van der Waals surface area contributed by atoms with Crippen LogP contribution in [0.5, 0.6) is 0 Å². The number of benzene rings is 2. The predicted molar refractivity (Wildman–Crippen MR) is 149 cm³/mol. The first-order valence-electron chi connectivity index (χ1n) is 13.2. The fraction of sp³-hybridized carbons (Fsp3) is 0.393. The molecule has 1 fully saturated rings. The number of fused-ring (bicyclic) bond motifs is 2. The van der Waals surface area contributed by atoms with Crippen molar-refractivity contribution in [2.75, 3.05) is 40.5 Å². The van der Waals surface area contributed by atoms with Crippen LogP contribution in [0.3, 0.4) is 0 Å². The summed E-state index contributed by atoms with van der Waals surface area (Å²) in [5, 5.41) is 8.47. The molecule has 0 aliphatic carbocycles. The molecule has 0 amide bonds. The second-order valence-electron chi connectivity index (χ2n) is 10.5. The number of piperidine rings is 1. The number of hydrogen-bond donors (Lipinski definition) is 3. The van der Waals surface area contributed by atoms with Crippen LogP contribution in [-0.2, 0) is 6.54 Å². The molecule has 9 nitrogen and oxygen atoms in total. The van der Waals surface area contributed by atoms with Crippen molar-refractivity contribution < 1.29 is 0 Å². The topological polar surface area (TPSA) is 114 Å². The van der Waals surface area contributed by atoms with Gasteiger partial charge in [0.25, 0.3) is 0 Å². The molecule has 2 aliphatic rings. The van der Waals surface area contributed by atoms with Gasteiger partial charge in [-0.3, -0.25) is 0 Å². The van der Waals surface area contributed by atoms with Crippen LogP contribution in [0.4, 0.5) is 23.3 Å². The average Bonchev–Trinajstić information content (AvgIpc) is 3.34. The molecule has 1 saturated heterocycles. The summed E-state index contributed by atoms with van der Waals surface area (Å²) >= 11 is 0. The van der Waals surface area contributed by atoms with Crippen molar-refractivity contribution in [3.8, 4) is 0 Å². The van der Waals surface area contributed by atoms with Gasteiger partial charge in [0.15, 0.2) is 5.65 Å². The van der Waals surface area contributed by atoms with Crippen molar-refractivity contribution in [2.24, 2.45) is 5.73 Å². The smallest absolute Gasteiger partial charge is 0.230 e. The van der Waals surface area contributed by atoms with E-state index < -0.39 is 0 Å². The third-order valence-corrected chi connectivity index (χ3v) is 7.56. The minimum Gasteiger partial charge on any atom is -0.399 e. The second-order valence-corrected chi connectivity index (χ2v) is 10.5. The van der Waals surface area contributed by atoms with E-state index >= 15 is 0 Å². The Labute approximate surface area is 217 Å². The summed E-state index contributed by atoms with van der Waals surface area (Å²) in [6.45, 7) is 7.67. The van der Waals surface area contributed by atoms with Gasteiger partial charge in [-0.25, -0.2) is 0 Å². The van der Waals surface area contributed by atoms with Crippen molar-refractivity contribution in [3.05, 3.63) is 71.4 Å². The number of nitrogen functional groups attached to an aromatic ring is 1. The molecule has 0 spiro atoms. The van der Waals surface area contributed by atoms with Gasteiger partial charge in [0.2, 0.25) is 11.9 Å². The number of anilines is 4. The molecule has 5 N–H and O–H groups in total. The molecule has 0 saturated carbocycles. The summed E-state index contributed by atoms with van der Waals surface area (Å²) in [5.41, 5.74) is 18.7. The number of nitrogens with two attached hydrogens (primary N) is 2. The SMILES string of the molecule is CC(C)c1cnn2c(NC3CN(c4cccc(N)c4)Cc4ccccc43)nc(N3CCC(N)CC3)nc12. The lowest BCUT2D eigenvalue weighted by Crippen LogP contribution is -2.41. The predicted octanol–water partition coefficient (Wildman–Crippen LogP) is 3.93. The Kier molecular flexibility index (Phi) is 6.08. The molecule has 4 heterocycles. The van der Waals surface area contributed by atoms with Crippen LogP contribution in [-0.4, -0.2) is 45.3 Å². The molecule has 4 aromatic rings. The Balaban J connectivity index is 1.40. The number of rotatable bonds is 5. The summed E-state index contributed by atoms with van der Waals surface area (Å²) in [7, 11) is 0. The van der Waals surface area contributed by atoms with Gasteiger partial charge >= 0.3 is 0 Å². The zero-order valence-corrected chi connectivity index (χ0v) is 21.5. The molecule has 2 aromatic heterocycles. The van der Waals surface area contributed by atoms with E-state index in [1.807, 2.05) is 28.9 Å². The maximum Gasteiger partial charge on any atom is 0.230 e. The summed E-state index contributed by atoms with van der Waals surface area (Å²) in [5.74, 6) is 1.74. The van der Waals surface area contributed by atoms with Gasteiger partial charge in [0.05, 0.1) is 12.2 Å². The van der Waals surface area contributed by atoms with Gasteiger partial charge in [-0.15, -0.1) is 0 Å². The molecule has 37 heavy (non-hydrogen) atoms. The van der Waals surface area contributed by atoms with Crippen molar-refractivity contribution >= 4 is 28.9 Å². The lowest BCUT2D eigenvalue weighted by molar-refractivity contribution is 0.495. The van der Waals surface area contributed by atoms with Crippen molar-refractivity contribution in [2.45, 2.75) is 51.2 Å². The zero-order chi connectivity index (χ0) is 25.5. The van der Waals surface area contributed by atoms with Crippen molar-refractivity contribution in [1.82, 2.24) is 19.6 Å². The van der Waals surface area contributed by atoms with E-state index in [4.69, 9.17) is 26.5 Å². The Morgan fingerprint density at radius 1 is 1.00 bits per heavy atom. The third-order valence-electron chi connectivity index (χ3n) is 7.56. The molecule has 0 bridgehead atoms. The standard InChI is InChI=1S/C28H35N9/c1-18(2)24-15-31-37-26(24)33-27(35-12-10-20(29)11-13-35)34-28(37)32-25-17-36(22-8-5-7-21(30)14-22)16-19-6-3-4-9-23(19)25/h3-9,14-15,18,20,25H,10-13,16-17,29-30H2,1-2H3,(H,32,33,34). The molecular formula is C28H35N9. The normalized spacial score (nSPS) is 18.4. The summed E-state index contributed by atoms with van der Waals surface area (Å²) < 4.78 is 1.86. The molecular weight excluding hydrogens is 462 g/mol. The fourth-order valence-corrected chi connectivity index (χ4v) is 5.43. The second kappa shape index (κ2) is 9.55. The van der Waals surface area contributed by atoms with E-state index in [-0.39, 0.29) is 12.1 Å². The van der Waals surface area contributed by atoms with Crippen LogP contribution in [0, 0.1) is 0 Å². The maximum atomic E-state index is 6.18. The maximum absolute atomic E-state index is 6.18. The van der Waals surface area contributed by atoms with E-state index in [2.05, 4.69) is 59.3 Å². The van der Waals surface area contributed by atoms with Crippen molar-refractivity contribution in [1.29, 1.82) is 0 Å². The van der Waals surface area contributed by atoms with Crippen LogP contribution < -0.4 is 26.6 Å². The van der Waals surface area contributed by atoms with Crippen molar-refractivity contribution in [3.63, 3.8) is 0 Å². The molecule has 6 rings (SSSR count). The van der Waals surface area contributed by atoms with Crippen LogP contribution >= 0.6 is 0 Å². The van der Waals surface area contributed by atoms with Gasteiger partial charge in [-0.1, -0.05) is 44.2 Å².